The topological polar surface area (TPSA) is 72.2 Å². The van der Waals surface area contributed by atoms with Gasteiger partial charge in [-0.1, -0.05) is 13.8 Å². The molecule has 1 aliphatic carbocycles. The van der Waals surface area contributed by atoms with Gasteiger partial charge in [0.1, 0.15) is 5.82 Å². The van der Waals surface area contributed by atoms with Gasteiger partial charge in [-0.2, -0.15) is 0 Å². The molecule has 0 bridgehead atoms. The Morgan fingerprint density at radius 3 is 2.67 bits per heavy atom. The van der Waals surface area contributed by atoms with Crippen molar-refractivity contribution in [3.05, 3.63) is 39.7 Å². The SMILES string of the molecule is CC1CCC(NC(=O)c2cc([N+](=O)[O-])ccc2F)CC1C. The summed E-state index contributed by atoms with van der Waals surface area (Å²) in [5.41, 5.74) is -0.553. The molecular formula is C15H19FN2O3. The van der Waals surface area contributed by atoms with E-state index < -0.39 is 16.6 Å². The van der Waals surface area contributed by atoms with E-state index in [1.165, 1.54) is 0 Å². The van der Waals surface area contributed by atoms with Crippen LogP contribution in [0.4, 0.5) is 10.1 Å². The number of nitrogens with one attached hydrogen (secondary N) is 1. The standard InChI is InChI=1S/C15H19FN2O3/c1-9-3-4-11(7-10(9)2)17-15(19)13-8-12(18(20)21)5-6-14(13)16/h5-6,8-11H,3-4,7H2,1-2H3,(H,17,19). The molecule has 114 valence electrons. The maximum absolute atomic E-state index is 13.7. The highest BCUT2D eigenvalue weighted by Crippen LogP contribution is 2.29. The summed E-state index contributed by atoms with van der Waals surface area (Å²) in [7, 11) is 0. The average molecular weight is 294 g/mol. The lowest BCUT2D eigenvalue weighted by molar-refractivity contribution is -0.384. The maximum Gasteiger partial charge on any atom is 0.270 e. The van der Waals surface area contributed by atoms with Crippen LogP contribution in [0.1, 0.15) is 43.5 Å². The number of carbonyl (C=O) groups is 1. The lowest BCUT2D eigenvalue weighted by atomic mass is 9.79. The fraction of sp³-hybridized carbons (Fsp3) is 0.533. The number of hydrogen-bond donors (Lipinski definition) is 1. The lowest BCUT2D eigenvalue weighted by Gasteiger charge is -2.32. The summed E-state index contributed by atoms with van der Waals surface area (Å²) in [6.45, 7) is 4.32. The second-order valence-electron chi connectivity index (χ2n) is 5.86. The van der Waals surface area contributed by atoms with E-state index in [1.807, 2.05) is 0 Å². The first-order chi connectivity index (χ1) is 9.88. The molecule has 0 aliphatic heterocycles. The molecule has 3 atom stereocenters. The number of hydrogen-bond acceptors (Lipinski definition) is 3. The predicted molar refractivity (Wildman–Crippen MR) is 76.5 cm³/mol. The van der Waals surface area contributed by atoms with Gasteiger partial charge < -0.3 is 5.32 Å². The van der Waals surface area contributed by atoms with Crippen molar-refractivity contribution >= 4 is 11.6 Å². The average Bonchev–Trinajstić information content (AvgIpc) is 2.43. The number of non-ortho nitro benzene ring substituents is 1. The van der Waals surface area contributed by atoms with Gasteiger partial charge >= 0.3 is 0 Å². The molecule has 0 aromatic heterocycles. The van der Waals surface area contributed by atoms with Gasteiger partial charge in [0, 0.05) is 18.2 Å². The van der Waals surface area contributed by atoms with E-state index in [9.17, 15) is 19.3 Å². The van der Waals surface area contributed by atoms with Crippen LogP contribution in [-0.4, -0.2) is 16.9 Å². The quantitative estimate of drug-likeness (QED) is 0.686. The minimum atomic E-state index is -0.740. The molecule has 3 unspecified atom stereocenters. The van der Waals surface area contributed by atoms with Gasteiger partial charge in [0.05, 0.1) is 10.5 Å². The number of benzene rings is 1. The summed E-state index contributed by atoms with van der Waals surface area (Å²) >= 11 is 0. The Morgan fingerprint density at radius 1 is 1.33 bits per heavy atom. The van der Waals surface area contributed by atoms with Crippen LogP contribution in [0.5, 0.6) is 0 Å². The van der Waals surface area contributed by atoms with Gasteiger partial charge in [-0.25, -0.2) is 4.39 Å². The number of nitrogens with zero attached hydrogens (tertiary/aromatic N) is 1. The Balaban J connectivity index is 2.10. The molecule has 5 nitrogen and oxygen atoms in total. The molecule has 0 heterocycles. The van der Waals surface area contributed by atoms with Crippen molar-refractivity contribution in [2.24, 2.45) is 11.8 Å². The molecule has 1 fully saturated rings. The molecule has 1 saturated carbocycles. The zero-order valence-corrected chi connectivity index (χ0v) is 12.1. The van der Waals surface area contributed by atoms with Crippen LogP contribution >= 0.6 is 0 Å². The number of halogens is 1. The third-order valence-corrected chi connectivity index (χ3v) is 4.34. The normalized spacial score (nSPS) is 25.4. The van der Waals surface area contributed by atoms with Crippen molar-refractivity contribution in [2.75, 3.05) is 0 Å². The summed E-state index contributed by atoms with van der Waals surface area (Å²) in [5, 5.41) is 13.5. The molecule has 1 aromatic rings. The highest BCUT2D eigenvalue weighted by molar-refractivity contribution is 5.95. The first kappa shape index (κ1) is 15.4. The fourth-order valence-electron chi connectivity index (χ4n) is 2.74. The van der Waals surface area contributed by atoms with Crippen molar-refractivity contribution in [3.8, 4) is 0 Å². The molecule has 2 rings (SSSR count). The maximum atomic E-state index is 13.7. The van der Waals surface area contributed by atoms with Gasteiger partial charge in [-0.3, -0.25) is 14.9 Å². The number of nitro groups is 1. The molecule has 1 aliphatic rings. The zero-order valence-electron chi connectivity index (χ0n) is 12.1. The van der Waals surface area contributed by atoms with Gasteiger partial charge in [-0.05, 0) is 37.2 Å². The Morgan fingerprint density at radius 2 is 2.05 bits per heavy atom. The minimum absolute atomic E-state index is 0.00219. The van der Waals surface area contributed by atoms with Crippen LogP contribution < -0.4 is 5.32 Å². The van der Waals surface area contributed by atoms with Crippen LogP contribution in [0.2, 0.25) is 0 Å². The largest absolute Gasteiger partial charge is 0.349 e. The molecule has 0 spiro atoms. The molecule has 0 saturated heterocycles. The lowest BCUT2D eigenvalue weighted by Crippen LogP contribution is -2.40. The van der Waals surface area contributed by atoms with Crippen LogP contribution in [0.3, 0.4) is 0 Å². The van der Waals surface area contributed by atoms with Gasteiger partial charge in [0.25, 0.3) is 11.6 Å². The van der Waals surface area contributed by atoms with E-state index in [0.29, 0.717) is 11.8 Å². The highest BCUT2D eigenvalue weighted by atomic mass is 19.1. The van der Waals surface area contributed by atoms with Crippen LogP contribution in [0.25, 0.3) is 0 Å². The number of amides is 1. The fourth-order valence-corrected chi connectivity index (χ4v) is 2.74. The smallest absolute Gasteiger partial charge is 0.270 e. The monoisotopic (exact) mass is 294 g/mol. The van der Waals surface area contributed by atoms with Crippen molar-refractivity contribution in [1.29, 1.82) is 0 Å². The van der Waals surface area contributed by atoms with Crippen molar-refractivity contribution in [1.82, 2.24) is 5.32 Å². The van der Waals surface area contributed by atoms with E-state index >= 15 is 0 Å². The summed E-state index contributed by atoms with van der Waals surface area (Å²) in [4.78, 5) is 22.2. The first-order valence-corrected chi connectivity index (χ1v) is 7.13. The zero-order chi connectivity index (χ0) is 15.6. The number of carbonyl (C=O) groups excluding carboxylic acids is 1. The summed E-state index contributed by atoms with van der Waals surface area (Å²) in [6.07, 6.45) is 2.72. The molecule has 1 aromatic carbocycles. The molecule has 6 heteroatoms. The third kappa shape index (κ3) is 3.56. The van der Waals surface area contributed by atoms with Gasteiger partial charge in [-0.15, -0.1) is 0 Å². The van der Waals surface area contributed by atoms with E-state index in [2.05, 4.69) is 19.2 Å². The molecule has 0 radical (unpaired) electrons. The highest BCUT2D eigenvalue weighted by Gasteiger charge is 2.27. The van der Waals surface area contributed by atoms with Gasteiger partial charge in [0.15, 0.2) is 0 Å². The van der Waals surface area contributed by atoms with E-state index in [0.717, 1.165) is 37.5 Å². The van der Waals surface area contributed by atoms with Crippen LogP contribution in [0, 0.1) is 27.8 Å². The van der Waals surface area contributed by atoms with E-state index in [1.54, 1.807) is 0 Å². The summed E-state index contributed by atoms with van der Waals surface area (Å²) in [6, 6.07) is 3.00. The Hall–Kier alpha value is -1.98. The first-order valence-electron chi connectivity index (χ1n) is 7.13. The van der Waals surface area contributed by atoms with E-state index in [-0.39, 0.29) is 17.3 Å². The number of nitro benzene ring substituents is 1. The van der Waals surface area contributed by atoms with Crippen molar-refractivity contribution in [2.45, 2.75) is 39.2 Å². The summed E-state index contributed by atoms with van der Waals surface area (Å²) in [5.74, 6) is -0.204. The Bertz CT molecular complexity index is 562. The minimum Gasteiger partial charge on any atom is -0.349 e. The molecular weight excluding hydrogens is 275 g/mol. The second kappa shape index (κ2) is 6.20. The number of rotatable bonds is 3. The molecule has 1 N–H and O–H groups in total. The molecule has 1 amide bonds. The van der Waals surface area contributed by atoms with Crippen LogP contribution in [0.15, 0.2) is 18.2 Å². The predicted octanol–water partition coefficient (Wildman–Crippen LogP) is 3.29. The second-order valence-corrected chi connectivity index (χ2v) is 5.86. The van der Waals surface area contributed by atoms with E-state index in [4.69, 9.17) is 0 Å². The Kier molecular flexibility index (Phi) is 4.55. The summed E-state index contributed by atoms with van der Waals surface area (Å²) < 4.78 is 13.7. The van der Waals surface area contributed by atoms with Crippen molar-refractivity contribution < 1.29 is 14.1 Å². The molecule has 21 heavy (non-hydrogen) atoms. The van der Waals surface area contributed by atoms with Gasteiger partial charge in [0.2, 0.25) is 0 Å². The van der Waals surface area contributed by atoms with Crippen molar-refractivity contribution in [3.63, 3.8) is 0 Å². The van der Waals surface area contributed by atoms with Crippen LogP contribution in [-0.2, 0) is 0 Å². The Labute approximate surface area is 122 Å². The third-order valence-electron chi connectivity index (χ3n) is 4.34.